The highest BCUT2D eigenvalue weighted by molar-refractivity contribution is 5.94. The van der Waals surface area contributed by atoms with Crippen molar-refractivity contribution in [3.63, 3.8) is 0 Å². The van der Waals surface area contributed by atoms with E-state index in [9.17, 15) is 9.18 Å². The van der Waals surface area contributed by atoms with Crippen LogP contribution in [0.15, 0.2) is 71.5 Å². The van der Waals surface area contributed by atoms with Gasteiger partial charge in [-0.3, -0.25) is 4.79 Å². The molecule has 32 heavy (non-hydrogen) atoms. The number of aromatic nitrogens is 1. The summed E-state index contributed by atoms with van der Waals surface area (Å²) in [5.41, 5.74) is 3.65. The van der Waals surface area contributed by atoms with Crippen LogP contribution in [0.4, 0.5) is 4.39 Å². The number of benzene rings is 2. The molecule has 1 amide bonds. The van der Waals surface area contributed by atoms with Crippen LogP contribution in [0, 0.1) is 5.82 Å². The molecule has 0 unspecified atom stereocenters. The van der Waals surface area contributed by atoms with Gasteiger partial charge in [-0.05, 0) is 92.5 Å². The minimum Gasteiger partial charge on any atom is -0.467 e. The second-order valence-corrected chi connectivity index (χ2v) is 8.56. The van der Waals surface area contributed by atoms with E-state index in [1.54, 1.807) is 18.4 Å². The molecule has 0 saturated carbocycles. The Hall–Kier alpha value is -3.38. The maximum atomic E-state index is 13.4. The first-order valence-electron chi connectivity index (χ1n) is 11.0. The molecule has 0 spiro atoms. The highest BCUT2D eigenvalue weighted by Crippen LogP contribution is 2.28. The topological polar surface area (TPSA) is 52.5 Å². The number of nitrogens with zero attached hydrogens (tertiary/aromatic N) is 2. The number of fused-ring (bicyclic) bond motifs is 1. The summed E-state index contributed by atoms with van der Waals surface area (Å²) in [6, 6.07) is 16.2. The molecule has 2 aromatic heterocycles. The zero-order valence-corrected chi connectivity index (χ0v) is 18.1. The van der Waals surface area contributed by atoms with Gasteiger partial charge in [0.2, 0.25) is 0 Å². The van der Waals surface area contributed by atoms with Gasteiger partial charge in [-0.2, -0.15) is 0 Å². The molecular weight excluding hydrogens is 405 g/mol. The Morgan fingerprint density at radius 3 is 2.66 bits per heavy atom. The number of halogens is 1. The Morgan fingerprint density at radius 2 is 1.88 bits per heavy atom. The molecule has 1 aliphatic rings. The summed E-state index contributed by atoms with van der Waals surface area (Å²) in [6.45, 7) is 2.27. The van der Waals surface area contributed by atoms with Gasteiger partial charge in [0.05, 0.1) is 12.8 Å². The highest BCUT2D eigenvalue weighted by atomic mass is 19.1. The third-order valence-corrected chi connectivity index (χ3v) is 6.35. The van der Waals surface area contributed by atoms with Crippen molar-refractivity contribution in [3.05, 3.63) is 84.2 Å². The van der Waals surface area contributed by atoms with Crippen LogP contribution in [-0.4, -0.2) is 46.9 Å². The van der Waals surface area contributed by atoms with Crippen molar-refractivity contribution in [1.29, 1.82) is 0 Å². The maximum Gasteiger partial charge on any atom is 0.254 e. The summed E-state index contributed by atoms with van der Waals surface area (Å²) in [5.74, 6) is 0.303. The predicted molar refractivity (Wildman–Crippen MR) is 123 cm³/mol. The van der Waals surface area contributed by atoms with E-state index >= 15 is 0 Å². The van der Waals surface area contributed by atoms with Crippen molar-refractivity contribution in [3.8, 4) is 11.1 Å². The summed E-state index contributed by atoms with van der Waals surface area (Å²) >= 11 is 0. The summed E-state index contributed by atoms with van der Waals surface area (Å²) in [7, 11) is 2.10. The van der Waals surface area contributed by atoms with Gasteiger partial charge in [0.25, 0.3) is 5.91 Å². The van der Waals surface area contributed by atoms with Gasteiger partial charge in [0, 0.05) is 28.9 Å². The number of hydrogen-bond acceptors (Lipinski definition) is 3. The molecule has 0 radical (unpaired) electrons. The largest absolute Gasteiger partial charge is 0.467 e. The Labute approximate surface area is 186 Å². The second-order valence-electron chi connectivity index (χ2n) is 8.56. The van der Waals surface area contributed by atoms with Gasteiger partial charge in [0.1, 0.15) is 11.6 Å². The fraction of sp³-hybridized carbons (Fsp3) is 0.269. The van der Waals surface area contributed by atoms with Crippen LogP contribution < -0.4 is 0 Å². The lowest BCUT2D eigenvalue weighted by atomic mass is 10.0. The van der Waals surface area contributed by atoms with E-state index in [2.05, 4.69) is 35.1 Å². The van der Waals surface area contributed by atoms with Gasteiger partial charge in [-0.25, -0.2) is 4.39 Å². The molecule has 5 rings (SSSR count). The summed E-state index contributed by atoms with van der Waals surface area (Å²) in [6.07, 6.45) is 5.48. The summed E-state index contributed by atoms with van der Waals surface area (Å²) in [5, 5.41) is 1.14. The van der Waals surface area contributed by atoms with Gasteiger partial charge in [0.15, 0.2) is 0 Å². The fourth-order valence-corrected chi connectivity index (χ4v) is 4.45. The van der Waals surface area contributed by atoms with E-state index < -0.39 is 0 Å². The number of aromatic amines is 1. The van der Waals surface area contributed by atoms with E-state index in [0.717, 1.165) is 53.7 Å². The molecule has 0 aliphatic carbocycles. The smallest absolute Gasteiger partial charge is 0.254 e. The van der Waals surface area contributed by atoms with Crippen LogP contribution in [0.25, 0.3) is 22.0 Å². The molecule has 3 heterocycles. The Kier molecular flexibility index (Phi) is 5.53. The zero-order valence-electron chi connectivity index (χ0n) is 18.1. The first-order chi connectivity index (χ1) is 15.6. The van der Waals surface area contributed by atoms with E-state index in [4.69, 9.17) is 4.42 Å². The minimum absolute atomic E-state index is 0.0914. The van der Waals surface area contributed by atoms with Crippen LogP contribution in [-0.2, 0) is 6.54 Å². The molecule has 1 saturated heterocycles. The molecule has 4 aromatic rings. The lowest BCUT2D eigenvalue weighted by Crippen LogP contribution is -2.46. The van der Waals surface area contributed by atoms with Crippen molar-refractivity contribution in [1.82, 2.24) is 14.8 Å². The van der Waals surface area contributed by atoms with Crippen LogP contribution in [0.5, 0.6) is 0 Å². The number of carbonyl (C=O) groups excluding carboxylic acids is 1. The monoisotopic (exact) mass is 431 g/mol. The van der Waals surface area contributed by atoms with Gasteiger partial charge < -0.3 is 19.2 Å². The van der Waals surface area contributed by atoms with Crippen LogP contribution in [0.3, 0.4) is 0 Å². The molecule has 1 fully saturated rings. The SMILES string of the molecule is CN1CCC(N(Cc2cc(-c3ccc4[nH]ccc4c3)co2)C(=O)c2ccc(F)cc2)CC1. The molecule has 1 aliphatic heterocycles. The molecule has 5 nitrogen and oxygen atoms in total. The Bertz CT molecular complexity index is 1220. The number of furan rings is 1. The molecule has 2 aromatic carbocycles. The number of H-pyrrole nitrogens is 1. The van der Waals surface area contributed by atoms with Gasteiger partial charge >= 0.3 is 0 Å². The van der Waals surface area contributed by atoms with Crippen molar-refractivity contribution in [2.45, 2.75) is 25.4 Å². The quantitative estimate of drug-likeness (QED) is 0.466. The zero-order chi connectivity index (χ0) is 22.1. The second kappa shape index (κ2) is 8.63. The maximum absolute atomic E-state index is 13.4. The molecule has 0 bridgehead atoms. The minimum atomic E-state index is -0.345. The summed E-state index contributed by atoms with van der Waals surface area (Å²) < 4.78 is 19.3. The Morgan fingerprint density at radius 1 is 1.09 bits per heavy atom. The molecule has 6 heteroatoms. The lowest BCUT2D eigenvalue weighted by Gasteiger charge is -2.37. The lowest BCUT2D eigenvalue weighted by molar-refractivity contribution is 0.0550. The van der Waals surface area contributed by atoms with Crippen molar-refractivity contribution in [2.75, 3.05) is 20.1 Å². The predicted octanol–water partition coefficient (Wildman–Crippen LogP) is 5.30. The van der Waals surface area contributed by atoms with Crippen LogP contribution in [0.1, 0.15) is 29.0 Å². The fourth-order valence-electron chi connectivity index (χ4n) is 4.45. The number of amides is 1. The van der Waals surface area contributed by atoms with E-state index in [0.29, 0.717) is 12.1 Å². The first kappa shape index (κ1) is 20.5. The number of nitrogens with one attached hydrogen (secondary N) is 1. The number of carbonyl (C=O) groups is 1. The van der Waals surface area contributed by atoms with Crippen molar-refractivity contribution >= 4 is 16.8 Å². The standard InChI is InChI=1S/C26H26FN3O2/c1-29-12-9-23(10-13-29)30(26(31)18-2-5-22(27)6-3-18)16-24-15-21(17-32-24)19-4-7-25-20(14-19)8-11-28-25/h2-8,11,14-15,17,23,28H,9-10,12-13,16H2,1H3. The van der Waals surface area contributed by atoms with Gasteiger partial charge in [-0.15, -0.1) is 0 Å². The number of piperidine rings is 1. The van der Waals surface area contributed by atoms with Crippen molar-refractivity contribution < 1.29 is 13.6 Å². The highest BCUT2D eigenvalue weighted by Gasteiger charge is 2.28. The third-order valence-electron chi connectivity index (χ3n) is 6.35. The van der Waals surface area contributed by atoms with E-state index in [-0.39, 0.29) is 17.8 Å². The number of hydrogen-bond donors (Lipinski definition) is 1. The van der Waals surface area contributed by atoms with E-state index in [1.165, 1.54) is 12.1 Å². The van der Waals surface area contributed by atoms with Crippen molar-refractivity contribution in [2.24, 2.45) is 0 Å². The molecular formula is C26H26FN3O2. The summed E-state index contributed by atoms with van der Waals surface area (Å²) in [4.78, 5) is 20.7. The van der Waals surface area contributed by atoms with E-state index in [1.807, 2.05) is 23.2 Å². The molecule has 164 valence electrons. The van der Waals surface area contributed by atoms with Crippen LogP contribution in [0.2, 0.25) is 0 Å². The van der Waals surface area contributed by atoms with Crippen LogP contribution >= 0.6 is 0 Å². The van der Waals surface area contributed by atoms with Gasteiger partial charge in [-0.1, -0.05) is 6.07 Å². The third kappa shape index (κ3) is 4.18. The number of rotatable bonds is 5. The average molecular weight is 432 g/mol. The first-order valence-corrected chi connectivity index (χ1v) is 11.0. The number of likely N-dealkylation sites (tertiary alicyclic amines) is 1. The molecule has 0 atom stereocenters. The molecule has 1 N–H and O–H groups in total. The normalized spacial score (nSPS) is 15.3. The Balaban J connectivity index is 1.40. The average Bonchev–Trinajstić information content (AvgIpc) is 3.47.